The number of hydrogen-bond donors (Lipinski definition) is 0. The first kappa shape index (κ1) is 22.4. The second-order valence-electron chi connectivity index (χ2n) is 9.24. The molecule has 2 saturated heterocycles. The van der Waals surface area contributed by atoms with Crippen LogP contribution in [0.15, 0.2) is 30.5 Å². The molecule has 2 aromatic rings. The highest BCUT2D eigenvalue weighted by atomic mass is 19.1. The molecule has 170 valence electrons. The molecule has 2 aliphatic heterocycles. The lowest BCUT2D eigenvalue weighted by atomic mass is 9.95. The minimum absolute atomic E-state index is 0.0876. The van der Waals surface area contributed by atoms with E-state index in [2.05, 4.69) is 34.9 Å². The van der Waals surface area contributed by atoms with Gasteiger partial charge in [0.1, 0.15) is 5.82 Å². The molecule has 5 nitrogen and oxygen atoms in total. The normalized spacial score (nSPS) is 20.7. The molecule has 0 spiro atoms. The Morgan fingerprint density at radius 1 is 1.13 bits per heavy atom. The average molecular weight is 429 g/mol. The number of aromatic nitrogens is 2. The number of piperidine rings is 1. The van der Waals surface area contributed by atoms with Crippen LogP contribution in [0.1, 0.15) is 49.4 Å². The molecular weight excluding hydrogens is 391 g/mol. The number of halogens is 1. The lowest BCUT2D eigenvalue weighted by Gasteiger charge is -2.35. The van der Waals surface area contributed by atoms with Gasteiger partial charge in [-0.3, -0.25) is 14.5 Å². The smallest absolute Gasteiger partial charge is 0.127 e. The van der Waals surface area contributed by atoms with Crippen molar-refractivity contribution in [1.29, 1.82) is 0 Å². The van der Waals surface area contributed by atoms with Crippen LogP contribution in [0, 0.1) is 18.7 Å². The van der Waals surface area contributed by atoms with Crippen molar-refractivity contribution >= 4 is 0 Å². The molecule has 31 heavy (non-hydrogen) atoms. The molecule has 0 aliphatic carbocycles. The van der Waals surface area contributed by atoms with E-state index >= 15 is 0 Å². The Labute approximate surface area is 186 Å². The third-order valence-electron chi connectivity index (χ3n) is 6.83. The van der Waals surface area contributed by atoms with Gasteiger partial charge in [-0.05, 0) is 64.6 Å². The maximum atomic E-state index is 14.0. The second kappa shape index (κ2) is 10.7. The minimum atomic E-state index is -0.0876. The van der Waals surface area contributed by atoms with E-state index in [0.717, 1.165) is 57.1 Å². The van der Waals surface area contributed by atoms with Gasteiger partial charge in [0.25, 0.3) is 0 Å². The number of rotatable bonds is 9. The Kier molecular flexibility index (Phi) is 7.75. The monoisotopic (exact) mass is 428 g/mol. The summed E-state index contributed by atoms with van der Waals surface area (Å²) in [5, 5.41) is 4.64. The van der Waals surface area contributed by atoms with Gasteiger partial charge in [-0.1, -0.05) is 18.2 Å². The van der Waals surface area contributed by atoms with E-state index in [4.69, 9.17) is 4.74 Å². The highest BCUT2D eigenvalue weighted by Gasteiger charge is 2.25. The van der Waals surface area contributed by atoms with Gasteiger partial charge in [-0.25, -0.2) is 4.39 Å². The fraction of sp³-hybridized carbons (Fsp3) is 0.640. The predicted octanol–water partition coefficient (Wildman–Crippen LogP) is 4.24. The lowest BCUT2D eigenvalue weighted by molar-refractivity contribution is 0.0568. The average Bonchev–Trinajstić information content (AvgIpc) is 3.41. The summed E-state index contributed by atoms with van der Waals surface area (Å²) in [7, 11) is 0. The summed E-state index contributed by atoms with van der Waals surface area (Å²) in [4.78, 5) is 4.99. The molecule has 3 heterocycles. The van der Waals surface area contributed by atoms with Crippen LogP contribution in [0.25, 0.3) is 0 Å². The van der Waals surface area contributed by atoms with Gasteiger partial charge in [0, 0.05) is 56.7 Å². The zero-order valence-electron chi connectivity index (χ0n) is 19.1. The van der Waals surface area contributed by atoms with Crippen LogP contribution in [-0.4, -0.2) is 58.5 Å². The molecule has 0 radical (unpaired) electrons. The van der Waals surface area contributed by atoms with Crippen molar-refractivity contribution in [3.8, 4) is 0 Å². The molecule has 2 aliphatic rings. The zero-order chi connectivity index (χ0) is 21.6. The van der Waals surface area contributed by atoms with Crippen LogP contribution in [0.2, 0.25) is 0 Å². The lowest BCUT2D eigenvalue weighted by Crippen LogP contribution is -2.40. The maximum Gasteiger partial charge on any atom is 0.127 e. The Bertz CT molecular complexity index is 825. The predicted molar refractivity (Wildman–Crippen MR) is 121 cm³/mol. The number of benzene rings is 1. The van der Waals surface area contributed by atoms with E-state index in [0.29, 0.717) is 18.6 Å². The Morgan fingerprint density at radius 3 is 2.61 bits per heavy atom. The van der Waals surface area contributed by atoms with Gasteiger partial charge in [0.2, 0.25) is 0 Å². The molecule has 0 N–H and O–H groups in total. The van der Waals surface area contributed by atoms with Crippen molar-refractivity contribution in [2.24, 2.45) is 5.92 Å². The summed E-state index contributed by atoms with van der Waals surface area (Å²) in [6.07, 6.45) is 7.26. The highest BCUT2D eigenvalue weighted by molar-refractivity contribution is 5.17. The summed E-state index contributed by atoms with van der Waals surface area (Å²) < 4.78 is 22.0. The largest absolute Gasteiger partial charge is 0.377 e. The van der Waals surface area contributed by atoms with Crippen molar-refractivity contribution in [2.45, 2.75) is 65.3 Å². The summed E-state index contributed by atoms with van der Waals surface area (Å²) in [5.74, 6) is 0.593. The summed E-state index contributed by atoms with van der Waals surface area (Å²) in [5.41, 5.74) is 3.28. The van der Waals surface area contributed by atoms with Crippen molar-refractivity contribution in [2.75, 3.05) is 32.8 Å². The maximum absolute atomic E-state index is 14.0. The standard InChI is InChI=1S/C25H37FN4O/c1-3-30-18-23(20(2)27-30)17-29(19-24-8-6-14-31-24)15-21-10-12-28(13-11-21)16-22-7-4-5-9-25(22)26/h4-5,7,9,18,21,24H,3,6,8,10-17,19H2,1-2H3/t24-/m0/s1. The first-order valence-corrected chi connectivity index (χ1v) is 11.9. The van der Waals surface area contributed by atoms with Crippen LogP contribution >= 0.6 is 0 Å². The summed E-state index contributed by atoms with van der Waals surface area (Å²) >= 11 is 0. The van der Waals surface area contributed by atoms with Crippen LogP contribution in [-0.2, 0) is 24.4 Å². The molecule has 4 rings (SSSR count). The number of ether oxygens (including phenoxy) is 1. The van der Waals surface area contributed by atoms with Gasteiger partial charge in [0.05, 0.1) is 11.8 Å². The number of likely N-dealkylation sites (tertiary alicyclic amines) is 1. The van der Waals surface area contributed by atoms with Crippen molar-refractivity contribution < 1.29 is 9.13 Å². The first-order chi connectivity index (χ1) is 15.1. The van der Waals surface area contributed by atoms with E-state index in [-0.39, 0.29) is 5.82 Å². The molecule has 2 fully saturated rings. The topological polar surface area (TPSA) is 33.5 Å². The van der Waals surface area contributed by atoms with Gasteiger partial charge in [-0.2, -0.15) is 5.10 Å². The van der Waals surface area contributed by atoms with Gasteiger partial charge in [-0.15, -0.1) is 0 Å². The first-order valence-electron chi connectivity index (χ1n) is 11.9. The van der Waals surface area contributed by atoms with Gasteiger partial charge < -0.3 is 4.74 Å². The Morgan fingerprint density at radius 2 is 1.94 bits per heavy atom. The molecule has 1 aromatic heterocycles. The van der Waals surface area contributed by atoms with E-state index in [1.54, 1.807) is 12.1 Å². The fourth-order valence-electron chi connectivity index (χ4n) is 4.96. The van der Waals surface area contributed by atoms with Crippen LogP contribution in [0.4, 0.5) is 4.39 Å². The molecule has 0 bridgehead atoms. The second-order valence-corrected chi connectivity index (χ2v) is 9.24. The molecule has 1 aromatic carbocycles. The molecule has 6 heteroatoms. The van der Waals surface area contributed by atoms with Crippen LogP contribution in [0.5, 0.6) is 0 Å². The molecular formula is C25H37FN4O. The zero-order valence-corrected chi connectivity index (χ0v) is 19.1. The highest BCUT2D eigenvalue weighted by Crippen LogP contribution is 2.23. The SMILES string of the molecule is CCn1cc(CN(CC2CCN(Cc3ccccc3F)CC2)C[C@@H]2CCCO2)c(C)n1. The van der Waals surface area contributed by atoms with Crippen molar-refractivity contribution in [1.82, 2.24) is 19.6 Å². The third kappa shape index (κ3) is 6.15. The van der Waals surface area contributed by atoms with E-state index in [1.165, 1.54) is 31.2 Å². The van der Waals surface area contributed by atoms with Crippen LogP contribution in [0.3, 0.4) is 0 Å². The van der Waals surface area contributed by atoms with Gasteiger partial charge >= 0.3 is 0 Å². The third-order valence-corrected chi connectivity index (χ3v) is 6.83. The van der Waals surface area contributed by atoms with E-state index < -0.39 is 0 Å². The summed E-state index contributed by atoms with van der Waals surface area (Å²) in [6.45, 7) is 11.9. The fourth-order valence-corrected chi connectivity index (χ4v) is 4.96. The van der Waals surface area contributed by atoms with E-state index in [1.807, 2.05) is 16.8 Å². The van der Waals surface area contributed by atoms with Gasteiger partial charge in [0.15, 0.2) is 0 Å². The minimum Gasteiger partial charge on any atom is -0.377 e. The molecule has 1 atom stereocenters. The molecule has 0 unspecified atom stereocenters. The van der Waals surface area contributed by atoms with E-state index in [9.17, 15) is 4.39 Å². The quantitative estimate of drug-likeness (QED) is 0.598. The van der Waals surface area contributed by atoms with Crippen molar-refractivity contribution in [3.05, 3.63) is 53.1 Å². The number of hydrogen-bond acceptors (Lipinski definition) is 4. The molecule has 0 amide bonds. The summed E-state index contributed by atoms with van der Waals surface area (Å²) in [6, 6.07) is 7.16. The Hall–Kier alpha value is -1.76. The van der Waals surface area contributed by atoms with Crippen LogP contribution < -0.4 is 0 Å². The number of nitrogens with zero attached hydrogens (tertiary/aromatic N) is 4. The molecule has 0 saturated carbocycles. The number of aryl methyl sites for hydroxylation is 2. The van der Waals surface area contributed by atoms with Crippen molar-refractivity contribution in [3.63, 3.8) is 0 Å². The Balaban J connectivity index is 1.33.